The number of benzene rings is 12. The zero-order valence-electron chi connectivity index (χ0n) is 48.3. The van der Waals surface area contributed by atoms with Gasteiger partial charge in [0.05, 0.1) is 76.3 Å². The van der Waals surface area contributed by atoms with Crippen molar-refractivity contribution in [2.75, 3.05) is 0 Å². The maximum atomic E-state index is 2.68. The molecule has 0 bridgehead atoms. The van der Waals surface area contributed by atoms with E-state index in [2.05, 4.69) is 279 Å². The second-order valence-electron chi connectivity index (χ2n) is 24.1. The molecule has 0 amide bonds. The number of nitrogens with zero attached hydrogens (tertiary/aromatic N) is 4. The summed E-state index contributed by atoms with van der Waals surface area (Å²) in [4.78, 5) is 0. The Morgan fingerprint density at radius 2 is 0.612 bits per heavy atom. The molecule has 0 aliphatic carbocycles. The van der Waals surface area contributed by atoms with Gasteiger partial charge in [-0.2, -0.15) is 0 Å². The molecule has 6 heterocycles. The lowest BCUT2D eigenvalue weighted by molar-refractivity contribution is 1.05. The number of hydrogen-bond acceptors (Lipinski definition) is 2. The van der Waals surface area contributed by atoms with E-state index in [9.17, 15) is 0 Å². The molecule has 0 fully saturated rings. The molecule has 12 aromatic carbocycles. The Bertz CT molecular complexity index is 5520. The summed E-state index contributed by atoms with van der Waals surface area (Å²) in [5.41, 5.74) is 24.9. The fourth-order valence-corrected chi connectivity index (χ4v) is 17.3. The summed E-state index contributed by atoms with van der Waals surface area (Å²) < 4.78 is 15.8. The van der Waals surface area contributed by atoms with Crippen LogP contribution in [0, 0.1) is 48.5 Å². The molecule has 0 unspecified atom stereocenters. The molecule has 0 atom stereocenters. The van der Waals surface area contributed by atoms with Crippen LogP contribution in [0.5, 0.6) is 0 Å². The highest BCUT2D eigenvalue weighted by Gasteiger charge is 2.33. The number of aromatic nitrogens is 4. The average Bonchev–Trinajstić information content (AvgIpc) is 1.76. The predicted molar refractivity (Wildman–Crippen MR) is 368 cm³/mol. The molecule has 18 rings (SSSR count). The fourth-order valence-electron chi connectivity index (χ4n) is 14.8. The molecule has 85 heavy (non-hydrogen) atoms. The molecular formula is C79H56N4S2. The van der Waals surface area contributed by atoms with Crippen LogP contribution in [0.3, 0.4) is 0 Å². The van der Waals surface area contributed by atoms with Crippen LogP contribution in [-0.2, 0) is 0 Å². The van der Waals surface area contributed by atoms with E-state index in [1.165, 1.54) is 133 Å². The SMILES string of the molecule is Cc1ccc2c(c1)c1cc(C)ccc1n2-c1c(-n2c3ccccc3c3ccc4c5ccccc5sc4c32)cc(-n2c3ccccc3c3ccc4c5ccccc5sc4c32)c(-n2c3ccc(C)cc3c3cc(C)ccc32)c1-c1cc(C)c(C)c(C)c1. The number of thiophene rings is 2. The molecule has 404 valence electrons. The van der Waals surface area contributed by atoms with Gasteiger partial charge in [0.15, 0.2) is 0 Å². The lowest BCUT2D eigenvalue weighted by Crippen LogP contribution is -2.13. The normalized spacial score (nSPS) is 12.4. The van der Waals surface area contributed by atoms with Gasteiger partial charge in [-0.3, -0.25) is 0 Å². The molecular weight excluding hydrogens is 1070 g/mol. The Labute approximate surface area is 498 Å². The number of hydrogen-bond donors (Lipinski definition) is 0. The predicted octanol–water partition coefficient (Wildman–Crippen LogP) is 22.6. The number of fused-ring (bicyclic) bond motifs is 20. The van der Waals surface area contributed by atoms with Gasteiger partial charge in [-0.1, -0.05) is 156 Å². The summed E-state index contributed by atoms with van der Waals surface area (Å²) in [6.07, 6.45) is 0. The second kappa shape index (κ2) is 17.7. The van der Waals surface area contributed by atoms with Crippen LogP contribution in [0.1, 0.15) is 38.9 Å². The highest BCUT2D eigenvalue weighted by atomic mass is 32.1. The van der Waals surface area contributed by atoms with Crippen LogP contribution < -0.4 is 0 Å². The molecule has 0 spiro atoms. The van der Waals surface area contributed by atoms with Gasteiger partial charge >= 0.3 is 0 Å². The van der Waals surface area contributed by atoms with Crippen molar-refractivity contribution in [3.05, 3.63) is 251 Å². The molecule has 0 aliphatic heterocycles. The van der Waals surface area contributed by atoms with Gasteiger partial charge in [0.25, 0.3) is 0 Å². The zero-order valence-corrected chi connectivity index (χ0v) is 49.9. The zero-order chi connectivity index (χ0) is 56.8. The van der Waals surface area contributed by atoms with Gasteiger partial charge in [0, 0.05) is 79.6 Å². The third-order valence-electron chi connectivity index (χ3n) is 18.9. The quantitative estimate of drug-likeness (QED) is 0.164. The third-order valence-corrected chi connectivity index (χ3v) is 21.3. The van der Waals surface area contributed by atoms with Crippen molar-refractivity contribution in [2.24, 2.45) is 0 Å². The molecule has 0 N–H and O–H groups in total. The van der Waals surface area contributed by atoms with Crippen LogP contribution in [0.25, 0.3) is 161 Å². The monoisotopic (exact) mass is 1120 g/mol. The summed E-state index contributed by atoms with van der Waals surface area (Å²) in [5.74, 6) is 0. The first kappa shape index (κ1) is 48.8. The number of para-hydroxylation sites is 2. The molecule has 0 saturated heterocycles. The molecule has 18 aromatic rings. The summed E-state index contributed by atoms with van der Waals surface area (Å²) in [6, 6.07) is 81.9. The van der Waals surface area contributed by atoms with E-state index in [-0.39, 0.29) is 0 Å². The van der Waals surface area contributed by atoms with Crippen LogP contribution >= 0.6 is 22.7 Å². The van der Waals surface area contributed by atoms with E-state index in [4.69, 9.17) is 0 Å². The number of aryl methyl sites for hydroxylation is 6. The lowest BCUT2D eigenvalue weighted by Gasteiger charge is -2.28. The minimum absolute atomic E-state index is 1.10. The first-order valence-corrected chi connectivity index (χ1v) is 31.2. The van der Waals surface area contributed by atoms with Crippen molar-refractivity contribution >= 4 is 150 Å². The van der Waals surface area contributed by atoms with Gasteiger partial charge in [0.1, 0.15) is 0 Å². The van der Waals surface area contributed by atoms with E-state index < -0.39 is 0 Å². The van der Waals surface area contributed by atoms with Crippen molar-refractivity contribution in [1.82, 2.24) is 18.3 Å². The molecule has 6 aromatic heterocycles. The van der Waals surface area contributed by atoms with Gasteiger partial charge in [-0.05, 0) is 150 Å². The largest absolute Gasteiger partial charge is 0.306 e. The highest BCUT2D eigenvalue weighted by molar-refractivity contribution is 7.27. The lowest BCUT2D eigenvalue weighted by atomic mass is 9.92. The van der Waals surface area contributed by atoms with Gasteiger partial charge in [0.2, 0.25) is 0 Å². The fraction of sp³-hybridized carbons (Fsp3) is 0.0886. The first-order valence-electron chi connectivity index (χ1n) is 29.6. The molecule has 6 heteroatoms. The van der Waals surface area contributed by atoms with E-state index in [0.29, 0.717) is 0 Å². The van der Waals surface area contributed by atoms with Crippen LogP contribution in [0.15, 0.2) is 212 Å². The van der Waals surface area contributed by atoms with Crippen molar-refractivity contribution < 1.29 is 0 Å². The molecule has 4 nitrogen and oxygen atoms in total. The Kier molecular flexibility index (Phi) is 10.1. The summed E-state index contributed by atoms with van der Waals surface area (Å²) >= 11 is 3.83. The van der Waals surface area contributed by atoms with Gasteiger partial charge < -0.3 is 18.3 Å². The van der Waals surface area contributed by atoms with Crippen molar-refractivity contribution in [3.63, 3.8) is 0 Å². The van der Waals surface area contributed by atoms with Crippen LogP contribution in [0.2, 0.25) is 0 Å². The topological polar surface area (TPSA) is 19.7 Å². The maximum Gasteiger partial charge on any atom is 0.0804 e. The van der Waals surface area contributed by atoms with Crippen molar-refractivity contribution in [2.45, 2.75) is 48.5 Å². The van der Waals surface area contributed by atoms with Crippen LogP contribution in [-0.4, -0.2) is 18.3 Å². The first-order chi connectivity index (χ1) is 41.6. The highest BCUT2D eigenvalue weighted by Crippen LogP contribution is 2.53. The minimum atomic E-state index is 1.10. The Morgan fingerprint density at radius 3 is 1.01 bits per heavy atom. The standard InChI is InChI=1S/C79H56N4S2/c1-43-24-32-65-59(36-43)60-37-44(2)25-33-66(60)80(65)76-69(82-63-20-12-8-16-51(63)55-28-30-57-53-18-10-14-22-71(53)84-78(57)74(55)82)42-70(83-64-21-13-9-17-52(64)56-29-31-58-54-19-11-15-23-72(54)85-79(58)75(56)83)77(73(76)50-40-47(5)49(7)48(6)41-50)81-67-34-26-45(3)38-61(67)62-39-46(4)27-35-68(62)81/h8-42H,1-7H3. The van der Waals surface area contributed by atoms with Crippen LogP contribution in [0.4, 0.5) is 0 Å². The molecule has 0 aliphatic rings. The van der Waals surface area contributed by atoms with Crippen molar-refractivity contribution in [1.29, 1.82) is 0 Å². The Morgan fingerprint density at radius 1 is 0.271 bits per heavy atom. The Hall–Kier alpha value is -9.72. The van der Waals surface area contributed by atoms with Gasteiger partial charge in [-0.15, -0.1) is 22.7 Å². The maximum absolute atomic E-state index is 2.68. The third kappa shape index (κ3) is 6.72. The van der Waals surface area contributed by atoms with Gasteiger partial charge in [-0.25, -0.2) is 0 Å². The Balaban J connectivity index is 1.19. The molecule has 0 radical (unpaired) electrons. The average molecular weight is 1130 g/mol. The smallest absolute Gasteiger partial charge is 0.0804 e. The van der Waals surface area contributed by atoms with E-state index in [0.717, 1.165) is 67.0 Å². The number of rotatable bonds is 5. The summed E-state index contributed by atoms with van der Waals surface area (Å²) in [7, 11) is 0. The summed E-state index contributed by atoms with van der Waals surface area (Å²) in [5, 5.41) is 15.0. The van der Waals surface area contributed by atoms with Crippen molar-refractivity contribution in [3.8, 4) is 33.9 Å². The van der Waals surface area contributed by atoms with E-state index in [1.54, 1.807) is 0 Å². The summed E-state index contributed by atoms with van der Waals surface area (Å²) in [6.45, 7) is 15.8. The van der Waals surface area contributed by atoms with E-state index >= 15 is 0 Å². The second-order valence-corrected chi connectivity index (χ2v) is 26.2. The van der Waals surface area contributed by atoms with E-state index in [1.807, 2.05) is 22.7 Å². The minimum Gasteiger partial charge on any atom is -0.306 e. The molecule has 0 saturated carbocycles.